The van der Waals surface area contributed by atoms with E-state index < -0.39 is 11.6 Å². The molecule has 5 rings (SSSR count). The number of nitrogens with two attached hydrogens (primary N) is 1. The summed E-state index contributed by atoms with van der Waals surface area (Å²) in [6.45, 7) is 17.5. The predicted molar refractivity (Wildman–Crippen MR) is 152 cm³/mol. The number of carbonyl (C=O) groups is 3. The number of carbonyl (C=O) groups excluding carboxylic acids is 3. The first-order valence-electron chi connectivity index (χ1n) is 15.4. The highest BCUT2D eigenvalue weighted by Crippen LogP contribution is 2.75. The quantitative estimate of drug-likeness (QED) is 0.409. The molecule has 0 aliphatic heterocycles. The molecule has 0 spiro atoms. The Labute approximate surface area is 235 Å². The number of primary amides is 1. The minimum Gasteiger partial charge on any atom is -0.373 e. The lowest BCUT2D eigenvalue weighted by atomic mass is 9.33. The van der Waals surface area contributed by atoms with E-state index in [1.807, 2.05) is 13.0 Å². The molecule has 0 heterocycles. The summed E-state index contributed by atoms with van der Waals surface area (Å²) in [5, 5.41) is 13.7. The molecule has 0 saturated heterocycles. The van der Waals surface area contributed by atoms with Crippen LogP contribution in [0.1, 0.15) is 113 Å². The molecule has 39 heavy (non-hydrogen) atoms. The van der Waals surface area contributed by atoms with Gasteiger partial charge >= 0.3 is 0 Å². The average molecular weight is 541 g/mol. The second-order valence-electron chi connectivity index (χ2n) is 16.2. The third-order valence-electron chi connectivity index (χ3n) is 14.0. The second-order valence-corrected chi connectivity index (χ2v) is 16.2. The van der Waals surface area contributed by atoms with Crippen molar-refractivity contribution in [1.82, 2.24) is 5.32 Å². The molecule has 2 amide bonds. The first-order valence-corrected chi connectivity index (χ1v) is 15.4. The topological polar surface area (TPSA) is 109 Å². The zero-order valence-electron chi connectivity index (χ0n) is 25.6. The molecule has 10 atom stereocenters. The van der Waals surface area contributed by atoms with E-state index in [2.05, 4.69) is 46.9 Å². The van der Waals surface area contributed by atoms with Gasteiger partial charge in [0.15, 0.2) is 5.78 Å². The minimum absolute atomic E-state index is 0.0479. The van der Waals surface area contributed by atoms with Crippen LogP contribution in [0.2, 0.25) is 0 Å². The summed E-state index contributed by atoms with van der Waals surface area (Å²) in [6.07, 6.45) is 9.55. The number of amides is 2. The van der Waals surface area contributed by atoms with E-state index in [-0.39, 0.29) is 68.3 Å². The number of allylic oxidation sites excluding steroid dienone is 2. The number of hydrogen-bond donors (Lipinski definition) is 3. The number of fused-ring (bicyclic) bond motifs is 7. The standard InChI is InChI=1S/C33H52N2O4/c1-19(36)35-26(38)20-9-11-31(6)24(28(20,2)3)10-12-33(8)25(31)23(37)17-21-22-18-30(5,27(34)39)14-13-29(22,4)15-16-32(21,33)7/h17,20,22,24-26,38H,9-16,18H2,1-8H3,(H2,34,39)(H,35,36)/t20-,22+,24?,25-,26?,29-,30+,31+,32-,33-/m1/s1. The number of rotatable bonds is 3. The third-order valence-corrected chi connectivity index (χ3v) is 14.0. The van der Waals surface area contributed by atoms with Gasteiger partial charge in [-0.15, -0.1) is 0 Å². The van der Waals surface area contributed by atoms with Gasteiger partial charge in [0.05, 0.1) is 0 Å². The van der Waals surface area contributed by atoms with E-state index in [0.717, 1.165) is 57.8 Å². The second kappa shape index (κ2) is 8.66. The highest BCUT2D eigenvalue weighted by Gasteiger charge is 2.70. The van der Waals surface area contributed by atoms with E-state index in [9.17, 15) is 19.5 Å². The fraction of sp³-hybridized carbons (Fsp3) is 0.848. The van der Waals surface area contributed by atoms with Crippen LogP contribution in [0.25, 0.3) is 0 Å². The largest absolute Gasteiger partial charge is 0.373 e. The Hall–Kier alpha value is -1.69. The van der Waals surface area contributed by atoms with E-state index in [0.29, 0.717) is 0 Å². The number of hydrogen-bond acceptors (Lipinski definition) is 4. The van der Waals surface area contributed by atoms with Crippen LogP contribution in [0, 0.1) is 56.2 Å². The molecule has 4 saturated carbocycles. The Morgan fingerprint density at radius 3 is 2.23 bits per heavy atom. The maximum absolute atomic E-state index is 14.5. The summed E-state index contributed by atoms with van der Waals surface area (Å²) < 4.78 is 0. The van der Waals surface area contributed by atoms with Gasteiger partial charge in [-0.05, 0) is 103 Å². The van der Waals surface area contributed by atoms with Crippen molar-refractivity contribution in [2.45, 2.75) is 119 Å². The summed E-state index contributed by atoms with van der Waals surface area (Å²) in [5.41, 5.74) is 6.14. The van der Waals surface area contributed by atoms with Gasteiger partial charge < -0.3 is 16.2 Å². The van der Waals surface area contributed by atoms with Gasteiger partial charge in [-0.3, -0.25) is 14.4 Å². The molecule has 0 aromatic rings. The normalized spacial score (nSPS) is 49.4. The van der Waals surface area contributed by atoms with Crippen molar-refractivity contribution in [3.05, 3.63) is 11.6 Å². The minimum atomic E-state index is -0.872. The predicted octanol–water partition coefficient (Wildman–Crippen LogP) is 5.52. The Morgan fingerprint density at radius 2 is 1.62 bits per heavy atom. The summed E-state index contributed by atoms with van der Waals surface area (Å²) in [6, 6.07) is 0. The molecule has 0 radical (unpaired) electrons. The van der Waals surface area contributed by atoms with Crippen LogP contribution in [0.15, 0.2) is 11.6 Å². The molecule has 0 aromatic carbocycles. The van der Waals surface area contributed by atoms with Crippen LogP contribution in [-0.4, -0.2) is 28.9 Å². The summed E-state index contributed by atoms with van der Waals surface area (Å²) >= 11 is 0. The molecular formula is C33H52N2O4. The molecular weight excluding hydrogens is 488 g/mol. The fourth-order valence-electron chi connectivity index (χ4n) is 11.3. The maximum atomic E-state index is 14.5. The molecule has 4 fully saturated rings. The van der Waals surface area contributed by atoms with Crippen molar-refractivity contribution in [2.75, 3.05) is 0 Å². The molecule has 5 aliphatic carbocycles. The van der Waals surface area contributed by atoms with Crippen molar-refractivity contribution >= 4 is 17.6 Å². The summed E-state index contributed by atoms with van der Waals surface area (Å²) in [5.74, 6) is 0.195. The molecule has 4 N–H and O–H groups in total. The van der Waals surface area contributed by atoms with Crippen LogP contribution in [-0.2, 0) is 14.4 Å². The Morgan fingerprint density at radius 1 is 0.974 bits per heavy atom. The SMILES string of the molecule is CC(=O)NC(O)[C@H]1CC[C@@]2(C)C(CC[C@]3(C)[C@@H]2C(=O)C=C2[C@@H]4C[C@@](C)(C(N)=O)CC[C@]4(C)CC[C@]23C)C1(C)C. The van der Waals surface area contributed by atoms with Gasteiger partial charge in [0.25, 0.3) is 0 Å². The maximum Gasteiger partial charge on any atom is 0.223 e. The van der Waals surface area contributed by atoms with Gasteiger partial charge in [0.2, 0.25) is 11.8 Å². The lowest BCUT2D eigenvalue weighted by molar-refractivity contribution is -0.202. The lowest BCUT2D eigenvalue weighted by Crippen LogP contribution is -2.67. The monoisotopic (exact) mass is 540 g/mol. The summed E-state index contributed by atoms with van der Waals surface area (Å²) in [4.78, 5) is 38.7. The third kappa shape index (κ3) is 3.78. The Bertz CT molecular complexity index is 1130. The van der Waals surface area contributed by atoms with E-state index in [1.54, 1.807) is 0 Å². The molecule has 0 aromatic heterocycles. The van der Waals surface area contributed by atoms with Crippen LogP contribution in [0.4, 0.5) is 0 Å². The van der Waals surface area contributed by atoms with Crippen LogP contribution >= 0.6 is 0 Å². The first-order chi connectivity index (χ1) is 17.9. The van der Waals surface area contributed by atoms with Gasteiger partial charge in [-0.2, -0.15) is 0 Å². The van der Waals surface area contributed by atoms with E-state index in [4.69, 9.17) is 5.73 Å². The number of aliphatic hydroxyl groups excluding tert-OH is 1. The van der Waals surface area contributed by atoms with Crippen molar-refractivity contribution in [1.29, 1.82) is 0 Å². The van der Waals surface area contributed by atoms with Gasteiger partial charge in [0, 0.05) is 24.2 Å². The van der Waals surface area contributed by atoms with E-state index in [1.165, 1.54) is 12.5 Å². The molecule has 2 unspecified atom stereocenters. The molecule has 6 nitrogen and oxygen atoms in total. The van der Waals surface area contributed by atoms with Gasteiger partial charge in [-0.25, -0.2) is 0 Å². The average Bonchev–Trinajstić information content (AvgIpc) is 2.80. The smallest absolute Gasteiger partial charge is 0.223 e. The summed E-state index contributed by atoms with van der Waals surface area (Å²) in [7, 11) is 0. The first kappa shape index (κ1) is 28.8. The van der Waals surface area contributed by atoms with Crippen LogP contribution < -0.4 is 11.1 Å². The number of aliphatic hydroxyl groups is 1. The zero-order chi connectivity index (χ0) is 29.0. The number of ketones is 1. The Balaban J connectivity index is 1.55. The number of nitrogens with one attached hydrogen (secondary N) is 1. The molecule has 0 bridgehead atoms. The molecule has 5 aliphatic rings. The van der Waals surface area contributed by atoms with E-state index >= 15 is 0 Å². The Kier molecular flexibility index (Phi) is 6.40. The highest BCUT2D eigenvalue weighted by molar-refractivity contribution is 5.95. The van der Waals surface area contributed by atoms with Crippen molar-refractivity contribution < 1.29 is 19.5 Å². The van der Waals surface area contributed by atoms with Gasteiger partial charge in [-0.1, -0.05) is 54.0 Å². The lowest BCUT2D eigenvalue weighted by Gasteiger charge is -2.71. The van der Waals surface area contributed by atoms with Crippen molar-refractivity contribution in [2.24, 2.45) is 61.9 Å². The zero-order valence-corrected chi connectivity index (χ0v) is 25.6. The fourth-order valence-corrected chi connectivity index (χ4v) is 11.3. The van der Waals surface area contributed by atoms with Crippen molar-refractivity contribution in [3.8, 4) is 0 Å². The molecule has 6 heteroatoms. The highest BCUT2D eigenvalue weighted by atomic mass is 16.3. The van der Waals surface area contributed by atoms with Gasteiger partial charge in [0.1, 0.15) is 6.23 Å². The van der Waals surface area contributed by atoms with Crippen molar-refractivity contribution in [3.63, 3.8) is 0 Å². The molecule has 218 valence electrons. The van der Waals surface area contributed by atoms with Crippen LogP contribution in [0.3, 0.4) is 0 Å². The van der Waals surface area contributed by atoms with Crippen LogP contribution in [0.5, 0.6) is 0 Å².